The van der Waals surface area contributed by atoms with E-state index in [0.717, 1.165) is 24.0 Å². The highest BCUT2D eigenvalue weighted by molar-refractivity contribution is 5.78. The van der Waals surface area contributed by atoms with E-state index in [1.165, 1.54) is 12.1 Å². The molecule has 0 unspecified atom stereocenters. The molecule has 80 valence electrons. The molecule has 3 heteroatoms. The highest BCUT2D eigenvalue weighted by Crippen LogP contribution is 2.48. The Kier molecular flexibility index (Phi) is 2.25. The molecular formula is C12H13FO2. The summed E-state index contributed by atoms with van der Waals surface area (Å²) in [7, 11) is 0. The minimum Gasteiger partial charge on any atom is -0.481 e. The monoisotopic (exact) mass is 208 g/mol. The predicted molar refractivity (Wildman–Crippen MR) is 54.1 cm³/mol. The van der Waals surface area contributed by atoms with Gasteiger partial charge in [0.1, 0.15) is 5.82 Å². The van der Waals surface area contributed by atoms with Crippen molar-refractivity contribution in [3.05, 3.63) is 35.1 Å². The van der Waals surface area contributed by atoms with Crippen LogP contribution in [0.25, 0.3) is 0 Å². The van der Waals surface area contributed by atoms with Gasteiger partial charge in [-0.1, -0.05) is 6.07 Å². The van der Waals surface area contributed by atoms with Crippen LogP contribution in [0, 0.1) is 18.2 Å². The lowest BCUT2D eigenvalue weighted by Crippen LogP contribution is -2.18. The Hall–Kier alpha value is -1.38. The number of halogens is 1. The fourth-order valence-electron chi connectivity index (χ4n) is 1.84. The first-order valence-electron chi connectivity index (χ1n) is 5.02. The Balaban J connectivity index is 2.21. The maximum absolute atomic E-state index is 12.8. The van der Waals surface area contributed by atoms with Crippen molar-refractivity contribution >= 4 is 5.97 Å². The maximum atomic E-state index is 12.8. The van der Waals surface area contributed by atoms with E-state index in [1.807, 2.05) is 6.92 Å². The van der Waals surface area contributed by atoms with Gasteiger partial charge in [0.2, 0.25) is 0 Å². The second kappa shape index (κ2) is 3.33. The van der Waals surface area contributed by atoms with E-state index in [2.05, 4.69) is 0 Å². The van der Waals surface area contributed by atoms with E-state index in [9.17, 15) is 9.18 Å². The molecular weight excluding hydrogens is 195 g/mol. The minimum absolute atomic E-state index is 0.267. The normalized spacial score (nSPS) is 17.5. The summed E-state index contributed by atoms with van der Waals surface area (Å²) in [5, 5.41) is 9.04. The molecule has 0 aromatic heterocycles. The Bertz CT molecular complexity index is 408. The molecule has 0 atom stereocenters. The van der Waals surface area contributed by atoms with Gasteiger partial charge in [-0.2, -0.15) is 0 Å². The summed E-state index contributed by atoms with van der Waals surface area (Å²) in [5.74, 6) is -0.998. The molecule has 1 saturated carbocycles. The number of hydrogen-bond acceptors (Lipinski definition) is 1. The molecule has 0 heterocycles. The van der Waals surface area contributed by atoms with Gasteiger partial charge in [0.15, 0.2) is 0 Å². The lowest BCUT2D eigenvalue weighted by Gasteiger charge is -2.11. The Morgan fingerprint density at radius 1 is 1.53 bits per heavy atom. The molecule has 15 heavy (non-hydrogen) atoms. The highest BCUT2D eigenvalue weighted by Gasteiger charge is 2.50. The van der Waals surface area contributed by atoms with Crippen LogP contribution in [0.3, 0.4) is 0 Å². The third-order valence-electron chi connectivity index (χ3n) is 3.14. The lowest BCUT2D eigenvalue weighted by molar-refractivity contribution is -0.143. The largest absolute Gasteiger partial charge is 0.481 e. The summed E-state index contributed by atoms with van der Waals surface area (Å²) >= 11 is 0. The number of rotatable bonds is 3. The average Bonchev–Trinajstić information content (AvgIpc) is 2.91. The Labute approximate surface area is 87.7 Å². The Morgan fingerprint density at radius 2 is 2.20 bits per heavy atom. The summed E-state index contributed by atoms with van der Waals surface area (Å²) < 4.78 is 12.8. The summed E-state index contributed by atoms with van der Waals surface area (Å²) in [5.41, 5.74) is 1.21. The zero-order valence-corrected chi connectivity index (χ0v) is 8.59. The zero-order valence-electron chi connectivity index (χ0n) is 8.59. The molecule has 1 fully saturated rings. The number of carboxylic acid groups (broad SMARTS) is 1. The van der Waals surface area contributed by atoms with Crippen LogP contribution in [0.1, 0.15) is 24.0 Å². The molecule has 1 aromatic rings. The fourth-order valence-corrected chi connectivity index (χ4v) is 1.84. The van der Waals surface area contributed by atoms with Crippen LogP contribution in [-0.2, 0) is 11.2 Å². The molecule has 0 saturated heterocycles. The number of benzene rings is 1. The van der Waals surface area contributed by atoms with Gasteiger partial charge in [-0.25, -0.2) is 4.39 Å². The quantitative estimate of drug-likeness (QED) is 0.828. The van der Waals surface area contributed by atoms with Crippen molar-refractivity contribution in [1.29, 1.82) is 0 Å². The van der Waals surface area contributed by atoms with Crippen molar-refractivity contribution in [1.82, 2.24) is 0 Å². The van der Waals surface area contributed by atoms with E-state index in [0.29, 0.717) is 6.42 Å². The van der Waals surface area contributed by atoms with Gasteiger partial charge >= 0.3 is 5.97 Å². The van der Waals surface area contributed by atoms with Crippen LogP contribution in [-0.4, -0.2) is 11.1 Å². The fraction of sp³-hybridized carbons (Fsp3) is 0.417. The number of carbonyl (C=O) groups is 1. The SMILES string of the molecule is Cc1cc(F)ccc1CC1(C(=O)O)CC1. The average molecular weight is 208 g/mol. The molecule has 0 spiro atoms. The van der Waals surface area contributed by atoms with Crippen molar-refractivity contribution in [2.24, 2.45) is 5.41 Å². The van der Waals surface area contributed by atoms with Crippen molar-refractivity contribution in [3.63, 3.8) is 0 Å². The van der Waals surface area contributed by atoms with Crippen molar-refractivity contribution in [3.8, 4) is 0 Å². The van der Waals surface area contributed by atoms with Crippen LogP contribution in [0.4, 0.5) is 4.39 Å². The van der Waals surface area contributed by atoms with Gasteiger partial charge in [-0.05, 0) is 49.4 Å². The highest BCUT2D eigenvalue weighted by atomic mass is 19.1. The zero-order chi connectivity index (χ0) is 11.1. The Morgan fingerprint density at radius 3 is 2.67 bits per heavy atom. The number of aryl methyl sites for hydroxylation is 1. The lowest BCUT2D eigenvalue weighted by atomic mass is 9.94. The van der Waals surface area contributed by atoms with Crippen LogP contribution in [0.5, 0.6) is 0 Å². The standard InChI is InChI=1S/C12H13FO2/c1-8-6-10(13)3-2-9(8)7-12(4-5-12)11(14)15/h2-3,6H,4-5,7H2,1H3,(H,14,15). The van der Waals surface area contributed by atoms with Gasteiger partial charge < -0.3 is 5.11 Å². The first kappa shape index (κ1) is 10.1. The maximum Gasteiger partial charge on any atom is 0.309 e. The topological polar surface area (TPSA) is 37.3 Å². The van der Waals surface area contributed by atoms with Gasteiger partial charge in [0.05, 0.1) is 5.41 Å². The second-order valence-corrected chi connectivity index (χ2v) is 4.33. The van der Waals surface area contributed by atoms with Gasteiger partial charge in [0, 0.05) is 0 Å². The van der Waals surface area contributed by atoms with E-state index in [1.54, 1.807) is 6.07 Å². The third-order valence-corrected chi connectivity index (χ3v) is 3.14. The second-order valence-electron chi connectivity index (χ2n) is 4.33. The molecule has 0 bridgehead atoms. The van der Waals surface area contributed by atoms with Crippen LogP contribution in [0.2, 0.25) is 0 Å². The van der Waals surface area contributed by atoms with Crippen LogP contribution < -0.4 is 0 Å². The molecule has 2 rings (SSSR count). The molecule has 2 nitrogen and oxygen atoms in total. The smallest absolute Gasteiger partial charge is 0.309 e. The minimum atomic E-state index is -0.730. The molecule has 0 amide bonds. The van der Waals surface area contributed by atoms with Crippen molar-refractivity contribution in [2.45, 2.75) is 26.2 Å². The van der Waals surface area contributed by atoms with Crippen molar-refractivity contribution < 1.29 is 14.3 Å². The summed E-state index contributed by atoms with van der Waals surface area (Å²) in [6.07, 6.45) is 1.99. The van der Waals surface area contributed by atoms with Gasteiger partial charge in [-0.3, -0.25) is 4.79 Å². The van der Waals surface area contributed by atoms with E-state index in [4.69, 9.17) is 5.11 Å². The molecule has 1 aliphatic carbocycles. The van der Waals surface area contributed by atoms with Gasteiger partial charge in [-0.15, -0.1) is 0 Å². The van der Waals surface area contributed by atoms with Crippen LogP contribution >= 0.6 is 0 Å². The van der Waals surface area contributed by atoms with E-state index >= 15 is 0 Å². The predicted octanol–water partition coefficient (Wildman–Crippen LogP) is 2.54. The summed E-state index contributed by atoms with van der Waals surface area (Å²) in [6.45, 7) is 1.82. The number of hydrogen-bond donors (Lipinski definition) is 1. The molecule has 1 N–H and O–H groups in total. The summed E-state index contributed by atoms with van der Waals surface area (Å²) in [6, 6.07) is 4.53. The van der Waals surface area contributed by atoms with Crippen LogP contribution in [0.15, 0.2) is 18.2 Å². The van der Waals surface area contributed by atoms with E-state index in [-0.39, 0.29) is 5.82 Å². The molecule has 1 aliphatic rings. The first-order valence-corrected chi connectivity index (χ1v) is 5.02. The third kappa shape index (κ3) is 1.87. The molecule has 0 aliphatic heterocycles. The number of aliphatic carboxylic acids is 1. The van der Waals surface area contributed by atoms with Gasteiger partial charge in [0.25, 0.3) is 0 Å². The molecule has 0 radical (unpaired) electrons. The molecule has 1 aromatic carbocycles. The van der Waals surface area contributed by atoms with E-state index < -0.39 is 11.4 Å². The first-order chi connectivity index (χ1) is 7.03. The summed E-state index contributed by atoms with van der Waals surface area (Å²) in [4.78, 5) is 11.0. The van der Waals surface area contributed by atoms with Crippen molar-refractivity contribution in [2.75, 3.05) is 0 Å². The number of carboxylic acids is 1.